The molecule has 170 valence electrons. The molecule has 0 radical (unpaired) electrons. The number of fused-ring (bicyclic) bond motifs is 4. The van der Waals surface area contributed by atoms with Gasteiger partial charge in [0.05, 0.1) is 9.79 Å². The molecule has 0 fully saturated rings. The number of aryl methyl sites for hydroxylation is 1. The zero-order valence-corrected chi connectivity index (χ0v) is 19.5. The first-order valence-corrected chi connectivity index (χ1v) is 12.6. The van der Waals surface area contributed by atoms with Crippen LogP contribution in [0.2, 0.25) is 0 Å². The maximum atomic E-state index is 13.2. The van der Waals surface area contributed by atoms with Crippen LogP contribution < -0.4 is 0 Å². The maximum Gasteiger partial charge on any atom is 0.208 e. The fourth-order valence-electron chi connectivity index (χ4n) is 4.91. The van der Waals surface area contributed by atoms with Gasteiger partial charge in [-0.05, 0) is 54.8 Å². The number of sulfone groups is 1. The summed E-state index contributed by atoms with van der Waals surface area (Å²) in [5.74, 6) is -0.700. The highest BCUT2D eigenvalue weighted by atomic mass is 32.2. The minimum Gasteiger partial charge on any atom is -0.289 e. The molecule has 0 bridgehead atoms. The minimum absolute atomic E-state index is 0.00502. The molecule has 1 aliphatic heterocycles. The van der Waals surface area contributed by atoms with E-state index in [1.165, 1.54) is 12.1 Å². The normalized spacial score (nSPS) is 15.2. The second kappa shape index (κ2) is 7.42. The fraction of sp³-hybridized carbons (Fsp3) is 0.0690. The lowest BCUT2D eigenvalue weighted by molar-refractivity contribution is 0.0979. The molecule has 1 heterocycles. The first-order chi connectivity index (χ1) is 16.8. The Morgan fingerprint density at radius 1 is 0.543 bits per heavy atom. The van der Waals surface area contributed by atoms with Gasteiger partial charge in [0.2, 0.25) is 9.84 Å². The van der Waals surface area contributed by atoms with Crippen molar-refractivity contribution in [2.75, 3.05) is 0 Å². The second-order valence-corrected chi connectivity index (χ2v) is 10.8. The molecule has 0 saturated carbocycles. The molecule has 4 aromatic rings. The van der Waals surface area contributed by atoms with Crippen LogP contribution in [0.15, 0.2) is 88.7 Å². The van der Waals surface area contributed by atoms with E-state index in [9.17, 15) is 22.8 Å². The summed E-state index contributed by atoms with van der Waals surface area (Å²) in [6.45, 7) is 1.81. The van der Waals surface area contributed by atoms with E-state index in [4.69, 9.17) is 0 Å². The van der Waals surface area contributed by atoms with Crippen LogP contribution in [0.3, 0.4) is 0 Å². The Balaban J connectivity index is 1.39. The average Bonchev–Trinajstić information content (AvgIpc) is 2.86. The Morgan fingerprint density at radius 2 is 1.03 bits per heavy atom. The summed E-state index contributed by atoms with van der Waals surface area (Å²) in [6.07, 6.45) is 0.373. The summed E-state index contributed by atoms with van der Waals surface area (Å²) in [5, 5.41) is 0. The van der Waals surface area contributed by atoms with E-state index < -0.39 is 9.84 Å². The van der Waals surface area contributed by atoms with Crippen molar-refractivity contribution in [3.8, 4) is 0 Å². The summed E-state index contributed by atoms with van der Waals surface area (Å²) in [5.41, 5.74) is 4.18. The second-order valence-electron chi connectivity index (χ2n) is 8.92. The lowest BCUT2D eigenvalue weighted by Crippen LogP contribution is -2.21. The fourth-order valence-corrected chi connectivity index (χ4v) is 6.52. The largest absolute Gasteiger partial charge is 0.289 e. The Hall–Kier alpha value is -4.16. The topological polar surface area (TPSA) is 85.3 Å². The summed E-state index contributed by atoms with van der Waals surface area (Å²) in [6, 6.07) is 21.5. The van der Waals surface area contributed by atoms with Crippen molar-refractivity contribution in [1.82, 2.24) is 0 Å². The van der Waals surface area contributed by atoms with Crippen LogP contribution in [0, 0.1) is 6.92 Å². The van der Waals surface area contributed by atoms with Gasteiger partial charge < -0.3 is 0 Å². The Kier molecular flexibility index (Phi) is 4.53. The zero-order valence-electron chi connectivity index (χ0n) is 18.7. The molecule has 0 aromatic heterocycles. The first-order valence-electron chi connectivity index (χ1n) is 11.1. The van der Waals surface area contributed by atoms with Crippen molar-refractivity contribution in [2.45, 2.75) is 23.1 Å². The number of hydrogen-bond donors (Lipinski definition) is 0. The third-order valence-electron chi connectivity index (χ3n) is 6.65. The average molecular weight is 479 g/mol. The number of carbonyl (C=O) groups excluding carboxylic acids is 3. The van der Waals surface area contributed by atoms with Crippen LogP contribution >= 0.6 is 0 Å². The molecule has 5 nitrogen and oxygen atoms in total. The summed E-state index contributed by atoms with van der Waals surface area (Å²) < 4.78 is 26.3. The van der Waals surface area contributed by atoms with E-state index >= 15 is 0 Å². The highest BCUT2D eigenvalue weighted by Gasteiger charge is 2.35. The molecule has 0 spiro atoms. The third kappa shape index (κ3) is 3.14. The molecule has 0 N–H and O–H groups in total. The van der Waals surface area contributed by atoms with Gasteiger partial charge in [0, 0.05) is 33.4 Å². The van der Waals surface area contributed by atoms with Gasteiger partial charge >= 0.3 is 0 Å². The molecule has 2 aliphatic rings. The molecule has 4 aromatic carbocycles. The Morgan fingerprint density at radius 3 is 1.71 bits per heavy atom. The van der Waals surface area contributed by atoms with Crippen LogP contribution in [0.1, 0.15) is 64.5 Å². The molecule has 0 unspecified atom stereocenters. The standard InChI is InChI=1S/C29H18O5S/c1-16-6-10-25-23(12-16)29(32)24-15-18(8-11-26(24)35(25,33)34)13-17-7-9-21-22(14-17)28(31)20-5-3-2-4-19(20)27(21)30/h2-12,14-15H,13H2,1H3. The lowest BCUT2D eigenvalue weighted by Gasteiger charge is -2.20. The maximum absolute atomic E-state index is 13.2. The van der Waals surface area contributed by atoms with Crippen molar-refractivity contribution in [3.05, 3.63) is 129 Å². The molecule has 6 rings (SSSR count). The molecule has 1 aliphatic carbocycles. The van der Waals surface area contributed by atoms with Gasteiger partial charge in [-0.3, -0.25) is 14.4 Å². The van der Waals surface area contributed by atoms with Gasteiger partial charge in [0.15, 0.2) is 17.3 Å². The van der Waals surface area contributed by atoms with Crippen LogP contribution in [0.4, 0.5) is 0 Å². The van der Waals surface area contributed by atoms with E-state index in [2.05, 4.69) is 0 Å². The SMILES string of the molecule is Cc1ccc2c(c1)C(=O)c1cc(Cc3ccc4c(c3)C(=O)c3ccccc3C4=O)ccc1S2(=O)=O. The molecule has 0 saturated heterocycles. The monoisotopic (exact) mass is 478 g/mol. The van der Waals surface area contributed by atoms with Crippen molar-refractivity contribution in [3.63, 3.8) is 0 Å². The molecule has 0 amide bonds. The number of rotatable bonds is 2. The number of ketones is 3. The molecular formula is C29H18O5S. The van der Waals surface area contributed by atoms with Crippen molar-refractivity contribution < 1.29 is 22.8 Å². The Labute approximate surface area is 202 Å². The van der Waals surface area contributed by atoms with Crippen LogP contribution in [-0.4, -0.2) is 25.8 Å². The van der Waals surface area contributed by atoms with Crippen molar-refractivity contribution >= 4 is 27.2 Å². The lowest BCUT2D eigenvalue weighted by atomic mass is 9.83. The van der Waals surface area contributed by atoms with E-state index in [1.807, 2.05) is 6.92 Å². The van der Waals surface area contributed by atoms with E-state index in [1.54, 1.807) is 66.7 Å². The number of benzene rings is 4. The summed E-state index contributed by atoms with van der Waals surface area (Å²) in [7, 11) is -3.80. The first kappa shape index (κ1) is 21.4. The highest BCUT2D eigenvalue weighted by molar-refractivity contribution is 7.91. The van der Waals surface area contributed by atoms with Crippen molar-refractivity contribution in [2.24, 2.45) is 0 Å². The van der Waals surface area contributed by atoms with Crippen LogP contribution in [-0.2, 0) is 16.3 Å². The van der Waals surface area contributed by atoms with Gasteiger partial charge in [-0.15, -0.1) is 0 Å². The van der Waals surface area contributed by atoms with Gasteiger partial charge in [-0.25, -0.2) is 8.42 Å². The third-order valence-corrected chi connectivity index (χ3v) is 8.52. The minimum atomic E-state index is -3.80. The van der Waals surface area contributed by atoms with E-state index in [0.717, 1.165) is 16.7 Å². The van der Waals surface area contributed by atoms with Gasteiger partial charge in [-0.1, -0.05) is 54.1 Å². The number of carbonyl (C=O) groups is 3. The molecule has 0 atom stereocenters. The molecule has 6 heteroatoms. The van der Waals surface area contributed by atoms with Gasteiger partial charge in [-0.2, -0.15) is 0 Å². The van der Waals surface area contributed by atoms with Crippen LogP contribution in [0.25, 0.3) is 0 Å². The quantitative estimate of drug-likeness (QED) is 0.359. The Bertz CT molecular complexity index is 1750. The summed E-state index contributed by atoms with van der Waals surface area (Å²) in [4.78, 5) is 39.1. The van der Waals surface area contributed by atoms with Gasteiger partial charge in [0.25, 0.3) is 0 Å². The molecule has 35 heavy (non-hydrogen) atoms. The summed E-state index contributed by atoms with van der Waals surface area (Å²) >= 11 is 0. The predicted octanol–water partition coefficient (Wildman–Crippen LogP) is 4.74. The zero-order chi connectivity index (χ0) is 24.5. The number of hydrogen-bond acceptors (Lipinski definition) is 5. The van der Waals surface area contributed by atoms with E-state index in [0.29, 0.717) is 28.7 Å². The van der Waals surface area contributed by atoms with E-state index in [-0.39, 0.29) is 38.3 Å². The van der Waals surface area contributed by atoms with Gasteiger partial charge in [0.1, 0.15) is 0 Å². The smallest absolute Gasteiger partial charge is 0.208 e. The molecular weight excluding hydrogens is 460 g/mol. The highest BCUT2D eigenvalue weighted by Crippen LogP contribution is 2.36. The predicted molar refractivity (Wildman–Crippen MR) is 129 cm³/mol. The van der Waals surface area contributed by atoms with Crippen molar-refractivity contribution in [1.29, 1.82) is 0 Å². The van der Waals surface area contributed by atoms with Crippen LogP contribution in [0.5, 0.6) is 0 Å².